The average molecular weight is 275 g/mol. The van der Waals surface area contributed by atoms with Gasteiger partial charge < -0.3 is 4.74 Å². The van der Waals surface area contributed by atoms with E-state index in [4.69, 9.17) is 4.74 Å². The first kappa shape index (κ1) is 13.0. The van der Waals surface area contributed by atoms with E-state index < -0.39 is 0 Å². The molecule has 4 aliphatic rings. The van der Waals surface area contributed by atoms with Crippen molar-refractivity contribution in [3.05, 3.63) is 12.2 Å². The normalized spacial score (nSPS) is 44.6. The highest BCUT2D eigenvalue weighted by atomic mass is 16.5. The molecule has 0 radical (unpaired) electrons. The third kappa shape index (κ3) is 2.25. The van der Waals surface area contributed by atoms with Crippen molar-refractivity contribution in [2.24, 2.45) is 23.7 Å². The van der Waals surface area contributed by atoms with E-state index in [2.05, 4.69) is 17.1 Å². The van der Waals surface area contributed by atoms with Gasteiger partial charge in [-0.1, -0.05) is 12.2 Å². The molecular formula is C17H25NO2. The molecule has 20 heavy (non-hydrogen) atoms. The van der Waals surface area contributed by atoms with E-state index in [9.17, 15) is 4.79 Å². The zero-order valence-corrected chi connectivity index (χ0v) is 12.2. The molecule has 1 heterocycles. The van der Waals surface area contributed by atoms with E-state index in [1.165, 1.54) is 19.4 Å². The Morgan fingerprint density at radius 2 is 2.25 bits per heavy atom. The van der Waals surface area contributed by atoms with Crippen LogP contribution in [0.1, 0.15) is 32.1 Å². The van der Waals surface area contributed by atoms with Gasteiger partial charge in [0, 0.05) is 31.5 Å². The molecule has 0 aromatic heterocycles. The molecule has 0 aromatic carbocycles. The van der Waals surface area contributed by atoms with Gasteiger partial charge in [0.15, 0.2) is 0 Å². The highest BCUT2D eigenvalue weighted by Gasteiger charge is 2.41. The maximum Gasteiger partial charge on any atom is 0.137 e. The van der Waals surface area contributed by atoms with Crippen LogP contribution < -0.4 is 0 Å². The lowest BCUT2D eigenvalue weighted by atomic mass is 9.90. The molecule has 3 nitrogen and oxygen atoms in total. The lowest BCUT2D eigenvalue weighted by molar-refractivity contribution is -0.125. The molecule has 5 atom stereocenters. The second-order valence-corrected chi connectivity index (χ2v) is 7.14. The number of carbonyl (C=O) groups is 1. The summed E-state index contributed by atoms with van der Waals surface area (Å²) in [7, 11) is 0. The first-order valence-corrected chi connectivity index (χ1v) is 8.34. The van der Waals surface area contributed by atoms with Gasteiger partial charge in [-0.05, 0) is 43.4 Å². The van der Waals surface area contributed by atoms with Gasteiger partial charge in [-0.15, -0.1) is 0 Å². The molecule has 0 amide bonds. The van der Waals surface area contributed by atoms with Crippen LogP contribution in [0.5, 0.6) is 0 Å². The van der Waals surface area contributed by atoms with Gasteiger partial charge in [0.2, 0.25) is 0 Å². The van der Waals surface area contributed by atoms with Crippen LogP contribution in [0, 0.1) is 23.7 Å². The predicted octanol–water partition coefficient (Wildman–Crippen LogP) is 2.27. The quantitative estimate of drug-likeness (QED) is 0.740. The van der Waals surface area contributed by atoms with Gasteiger partial charge in [-0.2, -0.15) is 0 Å². The Morgan fingerprint density at radius 3 is 2.95 bits per heavy atom. The monoisotopic (exact) mass is 275 g/mol. The number of carbonyl (C=O) groups excluding carboxylic acids is 1. The van der Waals surface area contributed by atoms with Crippen molar-refractivity contribution in [1.29, 1.82) is 0 Å². The number of fused-ring (bicyclic) bond motifs is 2. The fourth-order valence-electron chi connectivity index (χ4n) is 4.91. The number of rotatable bonds is 3. The molecule has 2 saturated carbocycles. The topological polar surface area (TPSA) is 29.5 Å². The third-order valence-electron chi connectivity index (χ3n) is 5.98. The minimum Gasteiger partial charge on any atom is -0.378 e. The number of morpholine rings is 1. The number of allylic oxidation sites excluding steroid dienone is 2. The van der Waals surface area contributed by atoms with Gasteiger partial charge in [0.25, 0.3) is 0 Å². The molecule has 110 valence electrons. The molecule has 3 aliphatic carbocycles. The standard InChI is InChI=1S/C17H25NO2/c19-17-3-1-2-15(17)16-11-20-7-6-18(16)10-14-9-12-4-5-13(14)8-12/h4-5,12-16H,1-3,6-11H2. The van der Waals surface area contributed by atoms with Gasteiger partial charge in [-0.3, -0.25) is 9.69 Å². The molecule has 3 heteroatoms. The molecule has 5 unspecified atom stereocenters. The van der Waals surface area contributed by atoms with Gasteiger partial charge in [-0.25, -0.2) is 0 Å². The second kappa shape index (κ2) is 5.27. The summed E-state index contributed by atoms with van der Waals surface area (Å²) < 4.78 is 5.69. The Hall–Kier alpha value is -0.670. The summed E-state index contributed by atoms with van der Waals surface area (Å²) in [5, 5.41) is 0. The van der Waals surface area contributed by atoms with Crippen LogP contribution in [-0.2, 0) is 9.53 Å². The van der Waals surface area contributed by atoms with Crippen LogP contribution in [0.4, 0.5) is 0 Å². The second-order valence-electron chi connectivity index (χ2n) is 7.14. The minimum atomic E-state index is 0.254. The van der Waals surface area contributed by atoms with Gasteiger partial charge in [0.1, 0.15) is 5.78 Å². The van der Waals surface area contributed by atoms with E-state index >= 15 is 0 Å². The summed E-state index contributed by atoms with van der Waals surface area (Å²) in [5.41, 5.74) is 0. The third-order valence-corrected chi connectivity index (χ3v) is 5.98. The number of hydrogen-bond donors (Lipinski definition) is 0. The van der Waals surface area contributed by atoms with Crippen LogP contribution in [0.3, 0.4) is 0 Å². The fourth-order valence-corrected chi connectivity index (χ4v) is 4.91. The van der Waals surface area contributed by atoms with E-state index in [-0.39, 0.29) is 5.92 Å². The van der Waals surface area contributed by atoms with Crippen LogP contribution in [0.25, 0.3) is 0 Å². The molecular weight excluding hydrogens is 250 g/mol. The number of ketones is 1. The van der Waals surface area contributed by atoms with Crippen LogP contribution in [0.2, 0.25) is 0 Å². The average Bonchev–Trinajstić information content (AvgIpc) is 3.16. The summed E-state index contributed by atoms with van der Waals surface area (Å²) in [5.74, 6) is 3.21. The molecule has 1 saturated heterocycles. The van der Waals surface area contributed by atoms with Crippen molar-refractivity contribution in [2.75, 3.05) is 26.3 Å². The highest BCUT2D eigenvalue weighted by Crippen LogP contribution is 2.44. The summed E-state index contributed by atoms with van der Waals surface area (Å²) in [4.78, 5) is 14.7. The van der Waals surface area contributed by atoms with Crippen molar-refractivity contribution < 1.29 is 9.53 Å². The summed E-state index contributed by atoms with van der Waals surface area (Å²) >= 11 is 0. The molecule has 3 fully saturated rings. The molecule has 0 N–H and O–H groups in total. The maximum atomic E-state index is 12.1. The van der Waals surface area contributed by atoms with Crippen molar-refractivity contribution in [3.8, 4) is 0 Å². The number of ether oxygens (including phenoxy) is 1. The molecule has 0 aromatic rings. The van der Waals surface area contributed by atoms with E-state index in [0.717, 1.165) is 56.8 Å². The Morgan fingerprint density at radius 1 is 1.30 bits per heavy atom. The highest BCUT2D eigenvalue weighted by molar-refractivity contribution is 5.83. The summed E-state index contributed by atoms with van der Waals surface area (Å²) in [6.45, 7) is 3.82. The Labute approximate surface area is 121 Å². The molecule has 0 spiro atoms. The largest absolute Gasteiger partial charge is 0.378 e. The molecule has 2 bridgehead atoms. The first-order chi connectivity index (χ1) is 9.81. The van der Waals surface area contributed by atoms with E-state index in [1.807, 2.05) is 0 Å². The Balaban J connectivity index is 1.44. The van der Waals surface area contributed by atoms with E-state index in [1.54, 1.807) is 0 Å². The van der Waals surface area contributed by atoms with Crippen LogP contribution in [0.15, 0.2) is 12.2 Å². The van der Waals surface area contributed by atoms with Crippen LogP contribution in [-0.4, -0.2) is 43.0 Å². The molecule has 4 rings (SSSR count). The minimum absolute atomic E-state index is 0.254. The van der Waals surface area contributed by atoms with Gasteiger partial charge >= 0.3 is 0 Å². The van der Waals surface area contributed by atoms with Crippen molar-refractivity contribution in [3.63, 3.8) is 0 Å². The predicted molar refractivity (Wildman–Crippen MR) is 77.4 cm³/mol. The van der Waals surface area contributed by atoms with E-state index in [0.29, 0.717) is 11.8 Å². The number of Topliss-reactive ketones (excluding diaryl/α,β-unsaturated/α-hetero) is 1. The number of nitrogens with zero attached hydrogens (tertiary/aromatic N) is 1. The van der Waals surface area contributed by atoms with Crippen LogP contribution >= 0.6 is 0 Å². The molecule has 1 aliphatic heterocycles. The van der Waals surface area contributed by atoms with Crippen molar-refractivity contribution in [1.82, 2.24) is 4.90 Å². The SMILES string of the molecule is O=C1CCCC1C1COCCN1CC1CC2C=CC1C2. The zero-order chi connectivity index (χ0) is 13.5. The smallest absolute Gasteiger partial charge is 0.137 e. The van der Waals surface area contributed by atoms with Crippen molar-refractivity contribution in [2.45, 2.75) is 38.1 Å². The first-order valence-electron chi connectivity index (χ1n) is 8.34. The van der Waals surface area contributed by atoms with Gasteiger partial charge in [0.05, 0.1) is 13.2 Å². The summed E-state index contributed by atoms with van der Waals surface area (Å²) in [6.07, 6.45) is 10.6. The lowest BCUT2D eigenvalue weighted by Crippen LogP contribution is -2.52. The fraction of sp³-hybridized carbons (Fsp3) is 0.824. The Kier molecular flexibility index (Phi) is 3.43. The maximum absolute atomic E-state index is 12.1. The summed E-state index contributed by atoms with van der Waals surface area (Å²) in [6, 6.07) is 0.363. The Bertz CT molecular complexity index is 419. The number of hydrogen-bond acceptors (Lipinski definition) is 3. The zero-order valence-electron chi connectivity index (χ0n) is 12.2. The van der Waals surface area contributed by atoms with Crippen molar-refractivity contribution >= 4 is 5.78 Å². The lowest BCUT2D eigenvalue weighted by Gasteiger charge is -2.40.